The third kappa shape index (κ3) is 2.64. The minimum Gasteiger partial charge on any atom is -0.388 e. The minimum absolute atomic E-state index is 0.519. The number of imidazole rings is 1. The molecule has 2 aromatic heterocycles. The van der Waals surface area contributed by atoms with Crippen LogP contribution in [0.3, 0.4) is 0 Å². The summed E-state index contributed by atoms with van der Waals surface area (Å²) in [6.07, 6.45) is 3.66. The first-order valence-corrected chi connectivity index (χ1v) is 7.27. The molecule has 1 atom stereocenters. The van der Waals surface area contributed by atoms with Gasteiger partial charge in [-0.05, 0) is 5.56 Å². The van der Waals surface area contributed by atoms with Crippen LogP contribution in [-0.4, -0.2) is 19.6 Å². The van der Waals surface area contributed by atoms with E-state index in [2.05, 4.69) is 9.97 Å². The zero-order valence-corrected chi connectivity index (χ0v) is 11.9. The van der Waals surface area contributed by atoms with E-state index < -0.39 is 6.10 Å². The molecule has 0 radical (unpaired) electrons. The van der Waals surface area contributed by atoms with Crippen LogP contribution in [0.1, 0.15) is 17.4 Å². The number of aryl methyl sites for hydroxylation is 1. The number of thiazole rings is 1. The molecule has 0 aliphatic heterocycles. The third-order valence-corrected chi connectivity index (χ3v) is 4.04. The monoisotopic (exact) mass is 285 g/mol. The summed E-state index contributed by atoms with van der Waals surface area (Å²) >= 11 is 1.55. The van der Waals surface area contributed by atoms with Gasteiger partial charge < -0.3 is 9.67 Å². The number of benzene rings is 1. The van der Waals surface area contributed by atoms with Gasteiger partial charge in [-0.15, -0.1) is 11.3 Å². The molecule has 102 valence electrons. The van der Waals surface area contributed by atoms with Crippen LogP contribution in [0.2, 0.25) is 0 Å². The summed E-state index contributed by atoms with van der Waals surface area (Å²) in [4.78, 5) is 8.84. The van der Waals surface area contributed by atoms with E-state index in [-0.39, 0.29) is 0 Å². The average molecular weight is 285 g/mol. The smallest absolute Gasteiger partial charge is 0.168 e. The van der Waals surface area contributed by atoms with Crippen molar-refractivity contribution in [3.8, 4) is 10.8 Å². The van der Waals surface area contributed by atoms with Crippen LogP contribution in [0, 0.1) is 0 Å². The Morgan fingerprint density at radius 3 is 2.80 bits per heavy atom. The molecule has 3 aromatic rings. The maximum Gasteiger partial charge on any atom is 0.168 e. The second-order valence-electron chi connectivity index (χ2n) is 4.64. The highest BCUT2D eigenvalue weighted by Gasteiger charge is 2.13. The zero-order chi connectivity index (χ0) is 13.9. The van der Waals surface area contributed by atoms with Crippen molar-refractivity contribution < 1.29 is 5.11 Å². The molecule has 0 spiro atoms. The van der Waals surface area contributed by atoms with Gasteiger partial charge in [0.05, 0.1) is 11.8 Å². The van der Waals surface area contributed by atoms with Crippen molar-refractivity contribution in [2.24, 2.45) is 7.05 Å². The molecular weight excluding hydrogens is 270 g/mol. The van der Waals surface area contributed by atoms with Crippen LogP contribution >= 0.6 is 11.3 Å². The van der Waals surface area contributed by atoms with Crippen LogP contribution < -0.4 is 0 Å². The molecule has 0 saturated heterocycles. The van der Waals surface area contributed by atoms with Gasteiger partial charge in [-0.25, -0.2) is 9.97 Å². The molecule has 0 bridgehead atoms. The SMILES string of the molecule is Cn1ccnc1-c1nc(CC(O)c2ccccc2)cs1. The molecule has 2 heterocycles. The van der Waals surface area contributed by atoms with Gasteiger partial charge in [0.1, 0.15) is 0 Å². The van der Waals surface area contributed by atoms with E-state index in [1.807, 2.05) is 53.5 Å². The largest absolute Gasteiger partial charge is 0.388 e. The fraction of sp³-hybridized carbons (Fsp3) is 0.200. The van der Waals surface area contributed by atoms with Crippen molar-refractivity contribution in [3.63, 3.8) is 0 Å². The number of rotatable bonds is 4. The lowest BCUT2D eigenvalue weighted by atomic mass is 10.1. The fourth-order valence-corrected chi connectivity index (χ4v) is 2.93. The Labute approximate surface area is 121 Å². The molecular formula is C15H15N3OS. The van der Waals surface area contributed by atoms with E-state index in [1.165, 1.54) is 0 Å². The zero-order valence-electron chi connectivity index (χ0n) is 11.1. The summed E-state index contributed by atoms with van der Waals surface area (Å²) in [6, 6.07) is 9.66. The number of aliphatic hydroxyl groups excluding tert-OH is 1. The van der Waals surface area contributed by atoms with E-state index in [4.69, 9.17) is 0 Å². The maximum absolute atomic E-state index is 10.2. The summed E-state index contributed by atoms with van der Waals surface area (Å²) in [5.74, 6) is 0.857. The first-order valence-electron chi connectivity index (χ1n) is 6.39. The summed E-state index contributed by atoms with van der Waals surface area (Å²) in [5.41, 5.74) is 1.81. The quantitative estimate of drug-likeness (QED) is 0.802. The number of hydrogen-bond donors (Lipinski definition) is 1. The molecule has 4 nitrogen and oxygen atoms in total. The van der Waals surface area contributed by atoms with Gasteiger partial charge in [-0.3, -0.25) is 0 Å². The molecule has 1 aromatic carbocycles. The van der Waals surface area contributed by atoms with E-state index in [9.17, 15) is 5.11 Å². The Morgan fingerprint density at radius 1 is 1.30 bits per heavy atom. The Kier molecular flexibility index (Phi) is 3.62. The first-order chi connectivity index (χ1) is 9.74. The van der Waals surface area contributed by atoms with E-state index in [0.717, 1.165) is 22.1 Å². The number of hydrogen-bond acceptors (Lipinski definition) is 4. The topological polar surface area (TPSA) is 50.9 Å². The normalized spacial score (nSPS) is 12.5. The predicted octanol–water partition coefficient (Wildman–Crippen LogP) is 2.82. The Morgan fingerprint density at radius 2 is 2.10 bits per heavy atom. The molecule has 1 N–H and O–H groups in total. The number of nitrogens with zero attached hydrogens (tertiary/aromatic N) is 3. The molecule has 20 heavy (non-hydrogen) atoms. The highest BCUT2D eigenvalue weighted by Crippen LogP contribution is 2.24. The summed E-state index contributed by atoms with van der Waals surface area (Å²) in [7, 11) is 1.95. The van der Waals surface area contributed by atoms with Crippen molar-refractivity contribution in [1.29, 1.82) is 0 Å². The molecule has 0 amide bonds. The van der Waals surface area contributed by atoms with Gasteiger partial charge in [-0.1, -0.05) is 30.3 Å². The van der Waals surface area contributed by atoms with Gasteiger partial charge in [0.15, 0.2) is 10.8 Å². The first kappa shape index (κ1) is 13.0. The Hall–Kier alpha value is -1.98. The summed E-state index contributed by atoms with van der Waals surface area (Å²) in [5, 5.41) is 13.1. The van der Waals surface area contributed by atoms with E-state index >= 15 is 0 Å². The second kappa shape index (κ2) is 5.56. The third-order valence-electron chi connectivity index (χ3n) is 3.15. The van der Waals surface area contributed by atoms with Gasteiger partial charge >= 0.3 is 0 Å². The predicted molar refractivity (Wildman–Crippen MR) is 79.4 cm³/mol. The van der Waals surface area contributed by atoms with E-state index in [0.29, 0.717) is 6.42 Å². The Balaban J connectivity index is 1.77. The molecule has 0 fully saturated rings. The standard InChI is InChI=1S/C15H15N3OS/c1-18-8-7-16-14(18)15-17-12(10-20-15)9-13(19)11-5-3-2-4-6-11/h2-8,10,13,19H,9H2,1H3. The molecule has 5 heteroatoms. The van der Waals surface area contributed by atoms with Crippen molar-refractivity contribution in [2.45, 2.75) is 12.5 Å². The number of aromatic nitrogens is 3. The Bertz CT molecular complexity index is 690. The van der Waals surface area contributed by atoms with Gasteiger partial charge in [0.25, 0.3) is 0 Å². The highest BCUT2D eigenvalue weighted by atomic mass is 32.1. The van der Waals surface area contributed by atoms with Crippen molar-refractivity contribution >= 4 is 11.3 Å². The van der Waals surface area contributed by atoms with E-state index in [1.54, 1.807) is 17.5 Å². The summed E-state index contributed by atoms with van der Waals surface area (Å²) < 4.78 is 1.94. The lowest BCUT2D eigenvalue weighted by Crippen LogP contribution is -2.02. The molecule has 0 aliphatic carbocycles. The number of aliphatic hydroxyl groups is 1. The van der Waals surface area contributed by atoms with Crippen LogP contribution in [0.25, 0.3) is 10.8 Å². The van der Waals surface area contributed by atoms with Crippen LogP contribution in [0.5, 0.6) is 0 Å². The van der Waals surface area contributed by atoms with Crippen molar-refractivity contribution in [1.82, 2.24) is 14.5 Å². The lowest BCUT2D eigenvalue weighted by molar-refractivity contribution is 0.177. The molecule has 1 unspecified atom stereocenters. The maximum atomic E-state index is 10.2. The van der Waals surface area contributed by atoms with Crippen molar-refractivity contribution in [2.75, 3.05) is 0 Å². The van der Waals surface area contributed by atoms with Crippen LogP contribution in [0.4, 0.5) is 0 Å². The minimum atomic E-state index is -0.521. The van der Waals surface area contributed by atoms with Crippen LogP contribution in [0.15, 0.2) is 48.1 Å². The molecule has 0 aliphatic rings. The molecule has 0 saturated carbocycles. The van der Waals surface area contributed by atoms with Gasteiger partial charge in [-0.2, -0.15) is 0 Å². The molecule has 3 rings (SSSR count). The van der Waals surface area contributed by atoms with Crippen molar-refractivity contribution in [3.05, 3.63) is 59.4 Å². The fourth-order valence-electron chi connectivity index (χ4n) is 2.07. The average Bonchev–Trinajstić information content (AvgIpc) is 3.08. The van der Waals surface area contributed by atoms with Crippen LogP contribution in [-0.2, 0) is 13.5 Å². The second-order valence-corrected chi connectivity index (χ2v) is 5.49. The lowest BCUT2D eigenvalue weighted by Gasteiger charge is -2.08. The highest BCUT2D eigenvalue weighted by molar-refractivity contribution is 7.13. The summed E-state index contributed by atoms with van der Waals surface area (Å²) in [6.45, 7) is 0. The van der Waals surface area contributed by atoms with Gasteiger partial charge in [0, 0.05) is 31.2 Å². The van der Waals surface area contributed by atoms with Gasteiger partial charge in [0.2, 0.25) is 0 Å².